The molecular weight excluding hydrogens is 368 g/mol. The molecule has 3 N–H and O–H groups in total. The Balaban J connectivity index is 1.60. The Bertz CT molecular complexity index is 880. The number of nitrogens with two attached hydrogens (primary N) is 1. The summed E-state index contributed by atoms with van der Waals surface area (Å²) >= 11 is 7.19. The molecule has 0 unspecified atom stereocenters. The third-order valence-corrected chi connectivity index (χ3v) is 5.13. The molecule has 0 bridgehead atoms. The lowest BCUT2D eigenvalue weighted by atomic mass is 10.2. The van der Waals surface area contributed by atoms with Crippen molar-refractivity contribution < 1.29 is 4.79 Å². The first-order valence-corrected chi connectivity index (χ1v) is 9.37. The molecule has 1 heterocycles. The topological polar surface area (TPSA) is 72.9 Å². The van der Waals surface area contributed by atoms with E-state index in [-0.39, 0.29) is 11.2 Å². The molecule has 3 aromatic rings. The van der Waals surface area contributed by atoms with Crippen molar-refractivity contribution in [1.29, 1.82) is 0 Å². The normalized spacial score (nSPS) is 11.9. The van der Waals surface area contributed by atoms with E-state index in [4.69, 9.17) is 17.4 Å². The van der Waals surface area contributed by atoms with Crippen LogP contribution in [0.15, 0.2) is 66.0 Å². The van der Waals surface area contributed by atoms with Gasteiger partial charge in [-0.05, 0) is 24.6 Å². The van der Waals surface area contributed by atoms with Gasteiger partial charge in [-0.1, -0.05) is 65.8 Å². The molecular formula is C19H19ClN4OS. The number of halogens is 1. The number of nitrogens with zero attached hydrogens (tertiary/aromatic N) is 2. The summed E-state index contributed by atoms with van der Waals surface area (Å²) in [6.07, 6.45) is 1.76. The summed E-state index contributed by atoms with van der Waals surface area (Å²) < 4.78 is 1.45. The van der Waals surface area contributed by atoms with Gasteiger partial charge in [0.25, 0.3) is 0 Å². The smallest absolute Gasteiger partial charge is 0.233 e. The fraction of sp³-hybridized carbons (Fsp3) is 0.158. The van der Waals surface area contributed by atoms with Gasteiger partial charge in [-0.25, -0.2) is 9.66 Å². The average molecular weight is 387 g/mol. The van der Waals surface area contributed by atoms with Gasteiger partial charge < -0.3 is 11.2 Å². The Morgan fingerprint density at radius 1 is 1.23 bits per heavy atom. The number of rotatable bonds is 6. The lowest BCUT2D eigenvalue weighted by molar-refractivity contribution is -0.120. The van der Waals surface area contributed by atoms with Crippen molar-refractivity contribution in [3.05, 3.63) is 71.4 Å². The molecule has 26 heavy (non-hydrogen) atoms. The first-order valence-electron chi connectivity index (χ1n) is 8.11. The van der Waals surface area contributed by atoms with Gasteiger partial charge in [-0.3, -0.25) is 4.79 Å². The molecule has 0 fully saturated rings. The lowest BCUT2D eigenvalue weighted by Gasteiger charge is -2.11. The molecule has 0 aliphatic carbocycles. The van der Waals surface area contributed by atoms with E-state index < -0.39 is 0 Å². The number of amides is 1. The number of carbonyl (C=O) groups excluding carboxylic acids is 1. The van der Waals surface area contributed by atoms with Crippen LogP contribution in [0.25, 0.3) is 11.3 Å². The molecule has 1 amide bonds. The fourth-order valence-corrected chi connectivity index (χ4v) is 3.32. The summed E-state index contributed by atoms with van der Waals surface area (Å²) in [6.45, 7) is 2.28. The van der Waals surface area contributed by atoms with Gasteiger partial charge in [0, 0.05) is 17.1 Å². The van der Waals surface area contributed by atoms with Gasteiger partial charge in [0.1, 0.15) is 0 Å². The maximum atomic E-state index is 12.3. The predicted molar refractivity (Wildman–Crippen MR) is 106 cm³/mol. The second-order valence-electron chi connectivity index (χ2n) is 5.79. The highest BCUT2D eigenvalue weighted by Gasteiger charge is 2.18. The molecule has 3 rings (SSSR count). The lowest BCUT2D eigenvalue weighted by Crippen LogP contribution is -2.30. The Morgan fingerprint density at radius 3 is 2.62 bits per heavy atom. The summed E-state index contributed by atoms with van der Waals surface area (Å²) in [5.74, 6) is 5.92. The van der Waals surface area contributed by atoms with E-state index in [1.165, 1.54) is 16.4 Å². The quantitative estimate of drug-likeness (QED) is 0.500. The number of aromatic nitrogens is 2. The largest absolute Gasteiger partial charge is 0.351 e. The van der Waals surface area contributed by atoms with Crippen LogP contribution in [0.3, 0.4) is 0 Å². The molecule has 2 aromatic carbocycles. The van der Waals surface area contributed by atoms with Crippen LogP contribution in [-0.4, -0.2) is 20.8 Å². The van der Waals surface area contributed by atoms with E-state index >= 15 is 0 Å². The molecule has 7 heteroatoms. The van der Waals surface area contributed by atoms with Crippen LogP contribution in [0.2, 0.25) is 5.02 Å². The molecule has 0 aliphatic heterocycles. The molecule has 0 spiro atoms. The first-order chi connectivity index (χ1) is 12.5. The molecule has 0 saturated heterocycles. The number of hydrogen-bond acceptors (Lipinski definition) is 4. The predicted octanol–water partition coefficient (Wildman–Crippen LogP) is 3.71. The standard InChI is InChI=1S/C19H19ClN4OS/c1-13(18(25)22-11-14-7-9-16(20)10-8-14)26-19-23-17(12-24(19)21)15-5-3-2-4-6-15/h2-10,12-13H,11,21H2,1H3,(H,22,25)/t13-/m0/s1. The van der Waals surface area contributed by atoms with Crippen molar-refractivity contribution in [2.45, 2.75) is 23.9 Å². The number of hydrogen-bond donors (Lipinski definition) is 2. The second-order valence-corrected chi connectivity index (χ2v) is 7.53. The number of carbonyl (C=O) groups is 1. The number of nitrogen functional groups attached to an aromatic ring is 1. The molecule has 1 atom stereocenters. The summed E-state index contributed by atoms with van der Waals surface area (Å²) in [7, 11) is 0. The molecule has 0 aliphatic rings. The van der Waals surface area contributed by atoms with Crippen LogP contribution >= 0.6 is 23.4 Å². The summed E-state index contributed by atoms with van der Waals surface area (Å²) in [5, 5.41) is 3.86. The van der Waals surface area contributed by atoms with Crippen molar-refractivity contribution in [2.24, 2.45) is 0 Å². The molecule has 1 aromatic heterocycles. The Kier molecular flexibility index (Phi) is 5.85. The van der Waals surface area contributed by atoms with Gasteiger partial charge >= 0.3 is 0 Å². The summed E-state index contributed by atoms with van der Waals surface area (Å²) in [6, 6.07) is 17.2. The van der Waals surface area contributed by atoms with E-state index in [9.17, 15) is 4.79 Å². The Hall–Kier alpha value is -2.44. The van der Waals surface area contributed by atoms with Gasteiger partial charge in [-0.2, -0.15) is 0 Å². The number of nitrogens with one attached hydrogen (secondary N) is 1. The summed E-state index contributed by atoms with van der Waals surface area (Å²) in [5.41, 5.74) is 2.76. The number of thioether (sulfide) groups is 1. The first kappa shape index (κ1) is 18.4. The van der Waals surface area contributed by atoms with Crippen LogP contribution in [0, 0.1) is 0 Å². The van der Waals surface area contributed by atoms with Crippen molar-refractivity contribution in [1.82, 2.24) is 15.0 Å². The number of imidazole rings is 1. The number of benzene rings is 2. The molecule has 5 nitrogen and oxygen atoms in total. The van der Waals surface area contributed by atoms with Crippen molar-refractivity contribution >= 4 is 29.3 Å². The minimum atomic E-state index is -0.323. The second kappa shape index (κ2) is 8.29. The van der Waals surface area contributed by atoms with Gasteiger partial charge in [0.2, 0.25) is 5.91 Å². The van der Waals surface area contributed by atoms with Crippen LogP contribution in [0.5, 0.6) is 0 Å². The van der Waals surface area contributed by atoms with E-state index in [0.717, 1.165) is 16.8 Å². The Labute approximate surface area is 161 Å². The zero-order valence-corrected chi connectivity index (χ0v) is 15.8. The summed E-state index contributed by atoms with van der Waals surface area (Å²) in [4.78, 5) is 16.9. The fourth-order valence-electron chi connectivity index (χ4n) is 2.36. The average Bonchev–Trinajstić information content (AvgIpc) is 3.02. The van der Waals surface area contributed by atoms with E-state index in [1.54, 1.807) is 18.3 Å². The molecule has 0 radical (unpaired) electrons. The van der Waals surface area contributed by atoms with E-state index in [2.05, 4.69) is 10.3 Å². The highest BCUT2D eigenvalue weighted by Crippen LogP contribution is 2.25. The van der Waals surface area contributed by atoms with Crippen molar-refractivity contribution in [3.8, 4) is 11.3 Å². The minimum Gasteiger partial charge on any atom is -0.351 e. The van der Waals surface area contributed by atoms with Crippen LogP contribution in [-0.2, 0) is 11.3 Å². The maximum absolute atomic E-state index is 12.3. The van der Waals surface area contributed by atoms with Crippen molar-refractivity contribution in [2.75, 3.05) is 5.84 Å². The monoisotopic (exact) mass is 386 g/mol. The van der Waals surface area contributed by atoms with Crippen LogP contribution in [0.4, 0.5) is 0 Å². The zero-order valence-electron chi connectivity index (χ0n) is 14.2. The molecule has 134 valence electrons. The highest BCUT2D eigenvalue weighted by atomic mass is 35.5. The van der Waals surface area contributed by atoms with E-state index in [0.29, 0.717) is 16.7 Å². The zero-order chi connectivity index (χ0) is 18.5. The highest BCUT2D eigenvalue weighted by molar-refractivity contribution is 8.00. The van der Waals surface area contributed by atoms with Gasteiger partial charge in [0.05, 0.1) is 17.1 Å². The third kappa shape index (κ3) is 4.59. The van der Waals surface area contributed by atoms with Crippen LogP contribution in [0.1, 0.15) is 12.5 Å². The minimum absolute atomic E-state index is 0.0748. The molecule has 0 saturated carbocycles. The SMILES string of the molecule is C[C@H](Sc1nc(-c2ccccc2)cn1N)C(=O)NCc1ccc(Cl)cc1. The van der Waals surface area contributed by atoms with Gasteiger partial charge in [0.15, 0.2) is 5.16 Å². The van der Waals surface area contributed by atoms with Crippen molar-refractivity contribution in [3.63, 3.8) is 0 Å². The van der Waals surface area contributed by atoms with E-state index in [1.807, 2.05) is 49.4 Å². The van der Waals surface area contributed by atoms with Crippen LogP contribution < -0.4 is 11.2 Å². The third-order valence-electron chi connectivity index (χ3n) is 3.80. The maximum Gasteiger partial charge on any atom is 0.233 e. The van der Waals surface area contributed by atoms with Gasteiger partial charge in [-0.15, -0.1) is 0 Å². The Morgan fingerprint density at radius 2 is 1.92 bits per heavy atom.